The van der Waals surface area contributed by atoms with Crippen LogP contribution < -0.4 is 0 Å². The van der Waals surface area contributed by atoms with Crippen molar-refractivity contribution >= 4 is 52.8 Å². The summed E-state index contributed by atoms with van der Waals surface area (Å²) in [5, 5.41) is 0. The predicted octanol–water partition coefficient (Wildman–Crippen LogP) is 4.17. The topological polar surface area (TPSA) is 29.5 Å². The zero-order valence-corrected chi connectivity index (χ0v) is 15.6. The van der Waals surface area contributed by atoms with Crippen LogP contribution >= 0.6 is 46.7 Å². The normalized spacial score (nSPS) is 11.4. The molecule has 0 aromatic rings. The fourth-order valence-corrected chi connectivity index (χ4v) is 3.26. The first-order chi connectivity index (χ1) is 9.40. The minimum Gasteiger partial charge on any atom is -0.444 e. The third kappa shape index (κ3) is 12.3. The molecule has 1 amide bonds. The highest BCUT2D eigenvalue weighted by Gasteiger charge is 2.21. The fourth-order valence-electron chi connectivity index (χ4n) is 1.28. The summed E-state index contributed by atoms with van der Waals surface area (Å²) in [6.07, 6.45) is -0.240. The Hall–Kier alpha value is 0.550. The van der Waals surface area contributed by atoms with Crippen LogP contribution in [0.1, 0.15) is 20.8 Å². The average molecular weight is 362 g/mol. The summed E-state index contributed by atoms with van der Waals surface area (Å²) in [4.78, 5) is 13.9. The van der Waals surface area contributed by atoms with Crippen molar-refractivity contribution in [3.63, 3.8) is 0 Å². The smallest absolute Gasteiger partial charge is 0.410 e. The second-order valence-electron chi connectivity index (χ2n) is 5.07. The molecule has 0 aliphatic carbocycles. The molecule has 7 heteroatoms. The Morgan fingerprint density at radius 1 is 1.00 bits per heavy atom. The highest BCUT2D eigenvalue weighted by Crippen LogP contribution is 2.12. The van der Waals surface area contributed by atoms with Gasteiger partial charge in [-0.25, -0.2) is 4.79 Å². The molecule has 0 N–H and O–H groups in total. The molecule has 0 unspecified atom stereocenters. The number of halogens is 2. The van der Waals surface area contributed by atoms with Crippen molar-refractivity contribution < 1.29 is 9.53 Å². The number of alkyl halides is 2. The summed E-state index contributed by atoms with van der Waals surface area (Å²) >= 11 is 14.8. The van der Waals surface area contributed by atoms with Gasteiger partial charge in [0, 0.05) is 47.9 Å². The molecule has 0 spiro atoms. The molecule has 0 saturated carbocycles. The van der Waals surface area contributed by atoms with Crippen molar-refractivity contribution in [2.45, 2.75) is 26.4 Å². The summed E-state index contributed by atoms with van der Waals surface area (Å²) in [6, 6.07) is 0. The molecule has 0 bridgehead atoms. The van der Waals surface area contributed by atoms with E-state index >= 15 is 0 Å². The molecular weight excluding hydrogens is 337 g/mol. The monoisotopic (exact) mass is 361 g/mol. The predicted molar refractivity (Wildman–Crippen MR) is 93.9 cm³/mol. The quantitative estimate of drug-likeness (QED) is 0.431. The van der Waals surface area contributed by atoms with Crippen LogP contribution in [0.2, 0.25) is 0 Å². The molecular formula is C13H25Cl2NO2S2. The van der Waals surface area contributed by atoms with Crippen LogP contribution in [0.25, 0.3) is 0 Å². The molecule has 0 aliphatic rings. The van der Waals surface area contributed by atoms with Gasteiger partial charge in [-0.05, 0) is 20.8 Å². The van der Waals surface area contributed by atoms with E-state index in [0.717, 1.165) is 23.0 Å². The molecule has 0 heterocycles. The summed E-state index contributed by atoms with van der Waals surface area (Å²) in [6.45, 7) is 7.03. The zero-order chi connectivity index (χ0) is 15.4. The Balaban J connectivity index is 4.18. The van der Waals surface area contributed by atoms with Gasteiger partial charge in [0.25, 0.3) is 0 Å². The van der Waals surface area contributed by atoms with Crippen molar-refractivity contribution in [3.05, 3.63) is 0 Å². The first-order valence-corrected chi connectivity index (χ1v) is 10.0. The van der Waals surface area contributed by atoms with Crippen molar-refractivity contribution in [1.82, 2.24) is 4.90 Å². The van der Waals surface area contributed by atoms with Gasteiger partial charge < -0.3 is 9.64 Å². The lowest BCUT2D eigenvalue weighted by Crippen LogP contribution is -2.39. The van der Waals surface area contributed by atoms with E-state index < -0.39 is 5.60 Å². The van der Waals surface area contributed by atoms with E-state index in [1.165, 1.54) is 0 Å². The van der Waals surface area contributed by atoms with Gasteiger partial charge in [-0.3, -0.25) is 0 Å². The number of carbonyl (C=O) groups excluding carboxylic acids is 1. The Bertz CT molecular complexity index is 251. The van der Waals surface area contributed by atoms with Crippen LogP contribution in [0.15, 0.2) is 0 Å². The van der Waals surface area contributed by atoms with E-state index in [-0.39, 0.29) is 6.09 Å². The molecule has 0 aliphatic heterocycles. The van der Waals surface area contributed by atoms with Gasteiger partial charge in [0.1, 0.15) is 5.60 Å². The maximum Gasteiger partial charge on any atom is 0.410 e. The van der Waals surface area contributed by atoms with Crippen LogP contribution in [-0.2, 0) is 4.74 Å². The summed E-state index contributed by atoms with van der Waals surface area (Å²) in [5.74, 6) is 4.86. The third-order valence-corrected chi connectivity index (χ3v) is 4.86. The zero-order valence-electron chi connectivity index (χ0n) is 12.5. The molecule has 0 rings (SSSR count). The molecule has 0 aromatic heterocycles. The number of amides is 1. The number of nitrogens with zero attached hydrogens (tertiary/aromatic N) is 1. The van der Waals surface area contributed by atoms with E-state index in [1.807, 2.05) is 20.8 Å². The number of ether oxygens (including phenoxy) is 1. The van der Waals surface area contributed by atoms with E-state index in [4.69, 9.17) is 27.9 Å². The number of hydrogen-bond acceptors (Lipinski definition) is 4. The van der Waals surface area contributed by atoms with Crippen molar-refractivity contribution in [3.8, 4) is 0 Å². The molecule has 0 aromatic carbocycles. The maximum atomic E-state index is 12.1. The maximum absolute atomic E-state index is 12.1. The standard InChI is InChI=1S/C13H25Cl2NO2S2/c1-13(2,3)18-12(17)16(6-10-19-8-4-14)7-11-20-9-5-15/h4-11H2,1-3H3. The first-order valence-electron chi connectivity index (χ1n) is 6.66. The largest absolute Gasteiger partial charge is 0.444 e. The van der Waals surface area contributed by atoms with E-state index in [9.17, 15) is 4.79 Å². The third-order valence-electron chi connectivity index (χ3n) is 2.11. The minimum atomic E-state index is -0.456. The van der Waals surface area contributed by atoms with Crippen LogP contribution in [0.4, 0.5) is 4.79 Å². The van der Waals surface area contributed by atoms with Gasteiger partial charge in [0.2, 0.25) is 0 Å². The van der Waals surface area contributed by atoms with Crippen LogP contribution in [0.3, 0.4) is 0 Å². The highest BCUT2D eigenvalue weighted by molar-refractivity contribution is 7.99. The molecule has 0 radical (unpaired) electrons. The number of rotatable bonds is 10. The SMILES string of the molecule is CC(C)(C)OC(=O)N(CCSCCCl)CCSCCCl. The Morgan fingerprint density at radius 2 is 1.45 bits per heavy atom. The second-order valence-corrected chi connectivity index (χ2v) is 8.28. The fraction of sp³-hybridized carbons (Fsp3) is 0.923. The molecule has 20 heavy (non-hydrogen) atoms. The van der Waals surface area contributed by atoms with Crippen molar-refractivity contribution in [2.75, 3.05) is 47.9 Å². The molecule has 120 valence electrons. The van der Waals surface area contributed by atoms with Gasteiger partial charge in [-0.2, -0.15) is 23.5 Å². The lowest BCUT2D eigenvalue weighted by Gasteiger charge is -2.27. The van der Waals surface area contributed by atoms with Crippen LogP contribution in [-0.4, -0.2) is 64.5 Å². The Kier molecular flexibility index (Phi) is 12.5. The molecule has 0 fully saturated rings. The summed E-state index contributed by atoms with van der Waals surface area (Å²) < 4.78 is 5.43. The lowest BCUT2D eigenvalue weighted by molar-refractivity contribution is 0.0274. The highest BCUT2D eigenvalue weighted by atomic mass is 35.5. The first kappa shape index (κ1) is 20.6. The number of thioether (sulfide) groups is 2. The van der Waals surface area contributed by atoms with Gasteiger partial charge >= 0.3 is 6.09 Å². The minimum absolute atomic E-state index is 0.240. The summed E-state index contributed by atoms with van der Waals surface area (Å²) in [5.41, 5.74) is -0.456. The van der Waals surface area contributed by atoms with Crippen molar-refractivity contribution in [2.24, 2.45) is 0 Å². The van der Waals surface area contributed by atoms with E-state index in [0.29, 0.717) is 24.8 Å². The molecule has 0 saturated heterocycles. The second kappa shape index (κ2) is 12.1. The van der Waals surface area contributed by atoms with Gasteiger partial charge in [0.05, 0.1) is 0 Å². The van der Waals surface area contributed by atoms with Gasteiger partial charge in [-0.15, -0.1) is 23.2 Å². The average Bonchev–Trinajstić information content (AvgIpc) is 2.34. The van der Waals surface area contributed by atoms with Gasteiger partial charge in [0.15, 0.2) is 0 Å². The van der Waals surface area contributed by atoms with E-state index in [2.05, 4.69) is 0 Å². The van der Waals surface area contributed by atoms with E-state index in [1.54, 1.807) is 28.4 Å². The Labute approximate surface area is 141 Å². The van der Waals surface area contributed by atoms with Crippen LogP contribution in [0.5, 0.6) is 0 Å². The molecule has 3 nitrogen and oxygen atoms in total. The lowest BCUT2D eigenvalue weighted by atomic mass is 10.2. The number of hydrogen-bond donors (Lipinski definition) is 0. The Morgan fingerprint density at radius 3 is 1.80 bits per heavy atom. The number of carbonyl (C=O) groups is 1. The van der Waals surface area contributed by atoms with Crippen LogP contribution in [0, 0.1) is 0 Å². The van der Waals surface area contributed by atoms with Gasteiger partial charge in [-0.1, -0.05) is 0 Å². The summed E-state index contributed by atoms with van der Waals surface area (Å²) in [7, 11) is 0. The van der Waals surface area contributed by atoms with Crippen molar-refractivity contribution in [1.29, 1.82) is 0 Å². The molecule has 0 atom stereocenters.